The van der Waals surface area contributed by atoms with Crippen molar-refractivity contribution in [1.82, 2.24) is 0 Å². The van der Waals surface area contributed by atoms with Crippen molar-refractivity contribution < 1.29 is 27.0 Å². The van der Waals surface area contributed by atoms with Gasteiger partial charge in [0.25, 0.3) is 0 Å². The quantitative estimate of drug-likeness (QED) is 0.420. The smallest absolute Gasteiger partial charge is 0.203 e. The van der Waals surface area contributed by atoms with Crippen LogP contribution in [-0.4, -0.2) is 19.3 Å². The van der Waals surface area contributed by atoms with Crippen LogP contribution >= 0.6 is 0 Å². The SMILES string of the molecule is N[C@@H](CCOCc1ccccc1)CCOc1c(F)c(F)cc(F)c1F. The molecule has 0 radical (unpaired) electrons. The predicted molar refractivity (Wildman–Crippen MR) is 85.1 cm³/mol. The van der Waals surface area contributed by atoms with Crippen molar-refractivity contribution >= 4 is 0 Å². The summed E-state index contributed by atoms with van der Waals surface area (Å²) >= 11 is 0. The zero-order chi connectivity index (χ0) is 18.2. The van der Waals surface area contributed by atoms with Crippen LogP contribution < -0.4 is 10.5 Å². The molecule has 0 amide bonds. The number of ether oxygens (including phenoxy) is 2. The molecule has 0 fully saturated rings. The van der Waals surface area contributed by atoms with E-state index in [-0.39, 0.29) is 25.1 Å². The molecule has 2 N–H and O–H groups in total. The van der Waals surface area contributed by atoms with Gasteiger partial charge >= 0.3 is 0 Å². The van der Waals surface area contributed by atoms with Gasteiger partial charge in [0.05, 0.1) is 13.2 Å². The molecule has 136 valence electrons. The summed E-state index contributed by atoms with van der Waals surface area (Å²) in [4.78, 5) is 0. The van der Waals surface area contributed by atoms with Crippen LogP contribution in [-0.2, 0) is 11.3 Å². The number of hydrogen-bond donors (Lipinski definition) is 1. The topological polar surface area (TPSA) is 44.5 Å². The number of rotatable bonds is 9. The van der Waals surface area contributed by atoms with E-state index in [4.69, 9.17) is 15.2 Å². The van der Waals surface area contributed by atoms with Crippen LogP contribution in [0.4, 0.5) is 17.6 Å². The number of nitrogens with two attached hydrogens (primary N) is 1. The lowest BCUT2D eigenvalue weighted by Gasteiger charge is -2.14. The highest BCUT2D eigenvalue weighted by molar-refractivity contribution is 5.28. The lowest BCUT2D eigenvalue weighted by molar-refractivity contribution is 0.112. The number of hydrogen-bond acceptors (Lipinski definition) is 3. The van der Waals surface area contributed by atoms with Gasteiger partial charge in [0, 0.05) is 18.7 Å². The third-order valence-corrected chi connectivity index (χ3v) is 3.55. The first kappa shape index (κ1) is 19.2. The average molecular weight is 357 g/mol. The van der Waals surface area contributed by atoms with Crippen molar-refractivity contribution in [1.29, 1.82) is 0 Å². The highest BCUT2D eigenvalue weighted by Crippen LogP contribution is 2.26. The Labute approximate surface area is 143 Å². The fourth-order valence-corrected chi connectivity index (χ4v) is 2.13. The molecule has 7 heteroatoms. The van der Waals surface area contributed by atoms with Gasteiger partial charge in [-0.2, -0.15) is 8.78 Å². The van der Waals surface area contributed by atoms with Crippen LogP contribution in [0, 0.1) is 23.3 Å². The van der Waals surface area contributed by atoms with Gasteiger partial charge in [0.2, 0.25) is 11.6 Å². The van der Waals surface area contributed by atoms with E-state index < -0.39 is 29.0 Å². The molecule has 0 unspecified atom stereocenters. The monoisotopic (exact) mass is 357 g/mol. The molecule has 0 aliphatic carbocycles. The lowest BCUT2D eigenvalue weighted by atomic mass is 10.2. The molecule has 3 nitrogen and oxygen atoms in total. The molecule has 2 aromatic carbocycles. The molecule has 25 heavy (non-hydrogen) atoms. The Kier molecular flexibility index (Phi) is 7.21. The molecule has 0 aromatic heterocycles. The maximum Gasteiger partial charge on any atom is 0.203 e. The van der Waals surface area contributed by atoms with Crippen molar-refractivity contribution in [2.45, 2.75) is 25.5 Å². The Balaban J connectivity index is 1.70. The van der Waals surface area contributed by atoms with Crippen molar-refractivity contribution in [2.24, 2.45) is 5.73 Å². The standard InChI is InChI=1S/C18H19F4NO2/c19-14-10-15(20)17(22)18(16(14)21)25-9-7-13(23)6-8-24-11-12-4-2-1-3-5-12/h1-5,10,13H,6-9,11,23H2/t13-/m0/s1. The van der Waals surface area contributed by atoms with Gasteiger partial charge in [-0.3, -0.25) is 0 Å². The summed E-state index contributed by atoms with van der Waals surface area (Å²) in [5, 5.41) is 0. The van der Waals surface area contributed by atoms with Crippen LogP contribution in [0.5, 0.6) is 5.75 Å². The molecular formula is C18H19F4NO2. The second-order valence-corrected chi connectivity index (χ2v) is 5.52. The van der Waals surface area contributed by atoms with Gasteiger partial charge < -0.3 is 15.2 Å². The average Bonchev–Trinajstić information content (AvgIpc) is 2.61. The molecule has 0 bridgehead atoms. The van der Waals surface area contributed by atoms with Crippen molar-refractivity contribution in [2.75, 3.05) is 13.2 Å². The van der Waals surface area contributed by atoms with E-state index in [2.05, 4.69) is 0 Å². The van der Waals surface area contributed by atoms with Crippen LogP contribution in [0.1, 0.15) is 18.4 Å². The Morgan fingerprint density at radius 1 is 0.880 bits per heavy atom. The van der Waals surface area contributed by atoms with Crippen LogP contribution in [0.25, 0.3) is 0 Å². The maximum absolute atomic E-state index is 13.4. The summed E-state index contributed by atoms with van der Waals surface area (Å²) in [5.41, 5.74) is 6.90. The third kappa shape index (κ3) is 5.72. The molecule has 0 heterocycles. The van der Waals surface area contributed by atoms with Crippen LogP contribution in [0.3, 0.4) is 0 Å². The molecule has 2 rings (SSSR count). The minimum Gasteiger partial charge on any atom is -0.487 e. The Bertz CT molecular complexity index is 656. The van der Waals surface area contributed by atoms with E-state index in [1.165, 1.54) is 0 Å². The second-order valence-electron chi connectivity index (χ2n) is 5.52. The molecule has 0 spiro atoms. The normalized spacial score (nSPS) is 12.2. The summed E-state index contributed by atoms with van der Waals surface area (Å²) < 4.78 is 63.2. The Hall–Kier alpha value is -2.12. The van der Waals surface area contributed by atoms with Gasteiger partial charge in [-0.1, -0.05) is 30.3 Å². The summed E-state index contributed by atoms with van der Waals surface area (Å²) in [6.45, 7) is 0.701. The fourth-order valence-electron chi connectivity index (χ4n) is 2.13. The molecule has 2 aromatic rings. The van der Waals surface area contributed by atoms with Crippen molar-refractivity contribution in [3.63, 3.8) is 0 Å². The fraction of sp³-hybridized carbons (Fsp3) is 0.333. The maximum atomic E-state index is 13.4. The van der Waals surface area contributed by atoms with Gasteiger partial charge in [0.15, 0.2) is 17.4 Å². The van der Waals surface area contributed by atoms with Crippen molar-refractivity contribution in [3.05, 3.63) is 65.2 Å². The third-order valence-electron chi connectivity index (χ3n) is 3.55. The summed E-state index contributed by atoms with van der Waals surface area (Å²) in [7, 11) is 0. The van der Waals surface area contributed by atoms with Gasteiger partial charge in [-0.05, 0) is 18.4 Å². The molecule has 0 aliphatic heterocycles. The molecule has 0 saturated heterocycles. The summed E-state index contributed by atoms with van der Waals surface area (Å²) in [6.07, 6.45) is 0.768. The predicted octanol–water partition coefficient (Wildman–Crippen LogP) is 3.95. The van der Waals surface area contributed by atoms with E-state index in [1.54, 1.807) is 0 Å². The zero-order valence-corrected chi connectivity index (χ0v) is 13.5. The van der Waals surface area contributed by atoms with E-state index in [9.17, 15) is 17.6 Å². The Morgan fingerprint density at radius 3 is 2.12 bits per heavy atom. The van der Waals surface area contributed by atoms with Gasteiger partial charge in [-0.25, -0.2) is 8.78 Å². The first-order valence-corrected chi connectivity index (χ1v) is 7.82. The minimum atomic E-state index is -1.56. The largest absolute Gasteiger partial charge is 0.487 e. The second kappa shape index (κ2) is 9.39. The molecule has 0 saturated carbocycles. The Morgan fingerprint density at radius 2 is 1.48 bits per heavy atom. The van der Waals surface area contributed by atoms with Crippen LogP contribution in [0.2, 0.25) is 0 Å². The minimum absolute atomic E-state index is 0.132. The zero-order valence-electron chi connectivity index (χ0n) is 13.5. The van der Waals surface area contributed by atoms with E-state index in [0.29, 0.717) is 19.6 Å². The first-order chi connectivity index (χ1) is 12.0. The van der Waals surface area contributed by atoms with E-state index >= 15 is 0 Å². The molecule has 1 atom stereocenters. The van der Waals surface area contributed by atoms with Crippen LogP contribution in [0.15, 0.2) is 36.4 Å². The van der Waals surface area contributed by atoms with Crippen molar-refractivity contribution in [3.8, 4) is 5.75 Å². The first-order valence-electron chi connectivity index (χ1n) is 7.82. The summed E-state index contributed by atoms with van der Waals surface area (Å²) in [6, 6.07) is 9.41. The van der Waals surface area contributed by atoms with E-state index in [0.717, 1.165) is 5.56 Å². The molecule has 0 aliphatic rings. The highest BCUT2D eigenvalue weighted by Gasteiger charge is 2.20. The highest BCUT2D eigenvalue weighted by atomic mass is 19.2. The molecular weight excluding hydrogens is 338 g/mol. The van der Waals surface area contributed by atoms with Gasteiger partial charge in [0.1, 0.15) is 0 Å². The lowest BCUT2D eigenvalue weighted by Crippen LogP contribution is -2.24. The summed E-state index contributed by atoms with van der Waals surface area (Å²) in [5.74, 6) is -7.19. The van der Waals surface area contributed by atoms with Gasteiger partial charge in [-0.15, -0.1) is 0 Å². The van der Waals surface area contributed by atoms with E-state index in [1.807, 2.05) is 30.3 Å². The number of benzene rings is 2. The number of halogens is 4.